The molecule has 156 valence electrons. The molecule has 0 aliphatic carbocycles. The third-order valence-corrected chi connectivity index (χ3v) is 5.79. The van der Waals surface area contributed by atoms with Gasteiger partial charge in [-0.15, -0.1) is 5.10 Å². The molecule has 0 unspecified atom stereocenters. The van der Waals surface area contributed by atoms with E-state index in [1.165, 1.54) is 6.08 Å². The smallest absolute Gasteiger partial charge is 0.342 e. The number of halogens is 2. The molecule has 0 aliphatic heterocycles. The Hall–Kier alpha value is -2.50. The molecule has 1 heterocycles. The molecule has 0 fully saturated rings. The number of carboxylic acid groups (broad SMARTS) is 1. The highest BCUT2D eigenvalue weighted by molar-refractivity contribution is 9.11. The number of nitrogens with zero attached hydrogens (tertiary/aromatic N) is 2. The number of aliphatic carboxylic acids is 1. The Morgan fingerprint density at radius 3 is 2.40 bits per heavy atom. The van der Waals surface area contributed by atoms with Crippen LogP contribution >= 0.6 is 43.6 Å². The van der Waals surface area contributed by atoms with Gasteiger partial charge in [0.15, 0.2) is 5.82 Å². The fourth-order valence-corrected chi connectivity index (χ4v) is 4.39. The third-order valence-electron chi connectivity index (χ3n) is 3.85. The van der Waals surface area contributed by atoms with E-state index < -0.39 is 5.97 Å². The topological polar surface area (TPSA) is 118 Å². The molecule has 3 aromatic rings. The van der Waals surface area contributed by atoms with Crippen LogP contribution in [0.4, 0.5) is 0 Å². The summed E-state index contributed by atoms with van der Waals surface area (Å²) in [5.41, 5.74) is 0.995. The Morgan fingerprint density at radius 2 is 1.80 bits per heavy atom. The van der Waals surface area contributed by atoms with E-state index in [2.05, 4.69) is 47.0 Å². The van der Waals surface area contributed by atoms with E-state index in [-0.39, 0.29) is 15.8 Å². The third kappa shape index (κ3) is 5.15. The lowest BCUT2D eigenvalue weighted by molar-refractivity contribution is -0.131. The van der Waals surface area contributed by atoms with Gasteiger partial charge in [0.25, 0.3) is 0 Å². The van der Waals surface area contributed by atoms with E-state index in [9.17, 15) is 15.0 Å². The van der Waals surface area contributed by atoms with Crippen LogP contribution in [0.15, 0.2) is 49.3 Å². The lowest BCUT2D eigenvalue weighted by atomic mass is 10.2. The number of phenols is 1. The van der Waals surface area contributed by atoms with Gasteiger partial charge in [-0.3, -0.25) is 5.10 Å². The van der Waals surface area contributed by atoms with Crippen LogP contribution in [0.1, 0.15) is 5.56 Å². The number of aromatic amines is 1. The standard InChI is InChI=1S/C19H15Br2N3O5S/c1-28-12-4-10(5-13(8-12)29-2)17-22-19(24-23-17)30-15(18(26)27)6-9-3-11(20)7-14(21)16(9)25/h3-8,25H,1-2H3,(H,26,27)(H,22,23,24)/b15-6-. The van der Waals surface area contributed by atoms with Gasteiger partial charge in [0, 0.05) is 21.7 Å². The van der Waals surface area contributed by atoms with E-state index in [0.29, 0.717) is 37.4 Å². The van der Waals surface area contributed by atoms with Gasteiger partial charge in [0.05, 0.1) is 18.7 Å². The molecule has 0 saturated heterocycles. The fourth-order valence-electron chi connectivity index (χ4n) is 2.44. The summed E-state index contributed by atoms with van der Waals surface area (Å²) < 4.78 is 11.6. The van der Waals surface area contributed by atoms with Crippen molar-refractivity contribution in [3.63, 3.8) is 0 Å². The van der Waals surface area contributed by atoms with Crippen LogP contribution in [0.25, 0.3) is 17.5 Å². The van der Waals surface area contributed by atoms with Gasteiger partial charge in [-0.2, -0.15) is 0 Å². The molecule has 11 heteroatoms. The van der Waals surface area contributed by atoms with Crippen LogP contribution in [-0.4, -0.2) is 45.6 Å². The predicted octanol–water partition coefficient (Wildman–Crippen LogP) is 4.94. The number of ether oxygens (including phenoxy) is 2. The highest BCUT2D eigenvalue weighted by Gasteiger charge is 2.17. The lowest BCUT2D eigenvalue weighted by Gasteiger charge is -2.06. The Balaban J connectivity index is 1.92. The molecule has 30 heavy (non-hydrogen) atoms. The zero-order valence-corrected chi connectivity index (χ0v) is 19.6. The minimum absolute atomic E-state index is 0.0657. The molecule has 0 spiro atoms. The Kier molecular flexibility index (Phi) is 7.06. The number of benzene rings is 2. The number of aromatic nitrogens is 3. The molecule has 0 radical (unpaired) electrons. The van der Waals surface area contributed by atoms with Crippen molar-refractivity contribution in [1.29, 1.82) is 0 Å². The van der Waals surface area contributed by atoms with Gasteiger partial charge >= 0.3 is 5.97 Å². The summed E-state index contributed by atoms with van der Waals surface area (Å²) in [5.74, 6) is 0.336. The second kappa shape index (κ2) is 9.54. The maximum Gasteiger partial charge on any atom is 0.342 e. The molecule has 0 aliphatic rings. The minimum Gasteiger partial charge on any atom is -0.506 e. The molecule has 0 atom stereocenters. The molecular weight excluding hydrogens is 542 g/mol. The SMILES string of the molecule is COc1cc(OC)cc(-c2nc(S/C(=C\c3cc(Br)cc(Br)c3O)C(=O)O)n[nH]2)c1. The number of hydrogen-bond donors (Lipinski definition) is 3. The lowest BCUT2D eigenvalue weighted by Crippen LogP contribution is -1.97. The van der Waals surface area contributed by atoms with Crippen LogP contribution in [0.3, 0.4) is 0 Å². The molecule has 3 N–H and O–H groups in total. The van der Waals surface area contributed by atoms with Crippen LogP contribution < -0.4 is 9.47 Å². The highest BCUT2D eigenvalue weighted by atomic mass is 79.9. The van der Waals surface area contributed by atoms with Crippen molar-refractivity contribution in [1.82, 2.24) is 15.2 Å². The number of H-pyrrole nitrogens is 1. The van der Waals surface area contributed by atoms with Crippen molar-refractivity contribution in [2.45, 2.75) is 5.16 Å². The molecule has 0 amide bonds. The van der Waals surface area contributed by atoms with Crippen molar-refractivity contribution in [3.05, 3.63) is 49.7 Å². The van der Waals surface area contributed by atoms with Crippen LogP contribution in [-0.2, 0) is 4.79 Å². The first-order valence-corrected chi connectivity index (χ1v) is 10.7. The van der Waals surface area contributed by atoms with Gasteiger partial charge in [-0.1, -0.05) is 15.9 Å². The largest absolute Gasteiger partial charge is 0.506 e. The summed E-state index contributed by atoms with van der Waals surface area (Å²) in [6.45, 7) is 0. The molecule has 8 nitrogen and oxygen atoms in total. The minimum atomic E-state index is -1.18. The normalized spacial score (nSPS) is 11.4. The Labute approximate surface area is 192 Å². The zero-order chi connectivity index (χ0) is 21.8. The molecule has 2 aromatic carbocycles. The highest BCUT2D eigenvalue weighted by Crippen LogP contribution is 2.36. The van der Waals surface area contributed by atoms with Crippen molar-refractivity contribution in [2.75, 3.05) is 14.2 Å². The number of phenolic OH excluding ortho intramolecular Hbond substituents is 1. The Bertz CT molecular complexity index is 1110. The second-order valence-corrected chi connectivity index (χ2v) is 8.59. The molecule has 3 rings (SSSR count). The average Bonchev–Trinajstić information content (AvgIpc) is 3.19. The number of nitrogens with one attached hydrogen (secondary N) is 1. The quantitative estimate of drug-likeness (QED) is 0.277. The summed E-state index contributed by atoms with van der Waals surface area (Å²) in [6.07, 6.45) is 1.35. The van der Waals surface area contributed by atoms with Crippen LogP contribution in [0, 0.1) is 0 Å². The van der Waals surface area contributed by atoms with E-state index >= 15 is 0 Å². The Morgan fingerprint density at radius 1 is 1.13 bits per heavy atom. The van der Waals surface area contributed by atoms with Gasteiger partial charge in [0.2, 0.25) is 5.16 Å². The van der Waals surface area contributed by atoms with E-state index in [1.54, 1.807) is 44.6 Å². The first-order valence-electron chi connectivity index (χ1n) is 8.27. The van der Waals surface area contributed by atoms with Gasteiger partial charge in [0.1, 0.15) is 22.2 Å². The molecular formula is C19H15Br2N3O5S. The van der Waals surface area contributed by atoms with E-state index in [1.807, 2.05) is 0 Å². The predicted molar refractivity (Wildman–Crippen MR) is 120 cm³/mol. The first kappa shape index (κ1) is 22.2. The van der Waals surface area contributed by atoms with Gasteiger partial charge < -0.3 is 19.7 Å². The van der Waals surface area contributed by atoms with Gasteiger partial charge in [-0.05, 0) is 58.0 Å². The number of aromatic hydroxyl groups is 1. The summed E-state index contributed by atoms with van der Waals surface area (Å²) in [7, 11) is 3.08. The number of carboxylic acids is 1. The van der Waals surface area contributed by atoms with E-state index in [0.717, 1.165) is 11.8 Å². The maximum atomic E-state index is 11.7. The number of rotatable bonds is 7. The van der Waals surface area contributed by atoms with Gasteiger partial charge in [-0.25, -0.2) is 9.78 Å². The fraction of sp³-hybridized carbons (Fsp3) is 0.105. The number of methoxy groups -OCH3 is 2. The summed E-state index contributed by atoms with van der Waals surface area (Å²) >= 11 is 7.40. The summed E-state index contributed by atoms with van der Waals surface area (Å²) in [6, 6.07) is 8.49. The monoisotopic (exact) mass is 555 g/mol. The average molecular weight is 557 g/mol. The zero-order valence-electron chi connectivity index (χ0n) is 15.6. The van der Waals surface area contributed by atoms with Crippen molar-refractivity contribution in [2.24, 2.45) is 0 Å². The van der Waals surface area contributed by atoms with Crippen molar-refractivity contribution < 1.29 is 24.5 Å². The molecule has 0 bridgehead atoms. The maximum absolute atomic E-state index is 11.7. The summed E-state index contributed by atoms with van der Waals surface area (Å²) in [5, 5.41) is 26.9. The van der Waals surface area contributed by atoms with Crippen molar-refractivity contribution in [3.8, 4) is 28.6 Å². The van der Waals surface area contributed by atoms with Crippen LogP contribution in [0.2, 0.25) is 0 Å². The van der Waals surface area contributed by atoms with Crippen molar-refractivity contribution >= 4 is 55.7 Å². The number of carbonyl (C=O) groups is 1. The second-order valence-electron chi connectivity index (χ2n) is 5.81. The first-order chi connectivity index (χ1) is 14.3. The number of thioether (sulfide) groups is 1. The van der Waals surface area contributed by atoms with Crippen LogP contribution in [0.5, 0.6) is 17.2 Å². The molecule has 0 saturated carbocycles. The van der Waals surface area contributed by atoms with E-state index in [4.69, 9.17) is 9.47 Å². The number of hydrogen-bond acceptors (Lipinski definition) is 7. The summed E-state index contributed by atoms with van der Waals surface area (Å²) in [4.78, 5) is 16.0. The molecule has 1 aromatic heterocycles.